The molecule has 2 atom stereocenters. The highest BCUT2D eigenvalue weighted by molar-refractivity contribution is 5.78. The number of piperidine rings is 1. The molecule has 3 N–H and O–H groups in total. The predicted octanol–water partition coefficient (Wildman–Crippen LogP) is 1.64. The minimum atomic E-state index is 0.155. The third-order valence-corrected chi connectivity index (χ3v) is 4.59. The van der Waals surface area contributed by atoms with E-state index in [0.717, 1.165) is 25.8 Å². The molecule has 1 heterocycles. The maximum atomic E-state index is 12.2. The van der Waals surface area contributed by atoms with Crippen LogP contribution in [0.25, 0.3) is 0 Å². The largest absolute Gasteiger partial charge is 0.352 e. The minimum Gasteiger partial charge on any atom is -0.352 e. The van der Waals surface area contributed by atoms with E-state index in [0.29, 0.717) is 18.6 Å². The zero-order chi connectivity index (χ0) is 13.7. The second-order valence-electron chi connectivity index (χ2n) is 6.30. The number of amides is 1. The molecule has 1 aliphatic carbocycles. The van der Waals surface area contributed by atoms with E-state index in [1.807, 2.05) is 0 Å². The third kappa shape index (κ3) is 4.46. The fourth-order valence-corrected chi connectivity index (χ4v) is 3.51. The molecule has 110 valence electrons. The van der Waals surface area contributed by atoms with Crippen LogP contribution >= 0.6 is 0 Å². The first-order valence-electron chi connectivity index (χ1n) is 7.96. The second kappa shape index (κ2) is 7.25. The summed E-state index contributed by atoms with van der Waals surface area (Å²) in [5.41, 5.74) is 6.04. The van der Waals surface area contributed by atoms with E-state index >= 15 is 0 Å². The van der Waals surface area contributed by atoms with Gasteiger partial charge in [0.1, 0.15) is 0 Å². The summed E-state index contributed by atoms with van der Waals surface area (Å²) in [7, 11) is 0. The molecule has 1 amide bonds. The summed E-state index contributed by atoms with van der Waals surface area (Å²) in [5.74, 6) is 0.194. The van der Waals surface area contributed by atoms with Gasteiger partial charge in [-0.1, -0.05) is 25.7 Å². The lowest BCUT2D eigenvalue weighted by Crippen LogP contribution is -2.53. The zero-order valence-electron chi connectivity index (χ0n) is 12.2. The van der Waals surface area contributed by atoms with Crippen LogP contribution in [0.2, 0.25) is 0 Å². The Morgan fingerprint density at radius 2 is 1.89 bits per heavy atom. The molecule has 2 rings (SSSR count). The summed E-state index contributed by atoms with van der Waals surface area (Å²) in [6, 6.07) is 0.952. The molecule has 4 nitrogen and oxygen atoms in total. The monoisotopic (exact) mass is 267 g/mol. The highest BCUT2D eigenvalue weighted by Crippen LogP contribution is 2.20. The van der Waals surface area contributed by atoms with E-state index in [1.165, 1.54) is 32.1 Å². The van der Waals surface area contributed by atoms with Crippen LogP contribution in [0.3, 0.4) is 0 Å². The Balaban J connectivity index is 1.79. The molecule has 4 heteroatoms. The van der Waals surface area contributed by atoms with Gasteiger partial charge < -0.3 is 11.1 Å². The zero-order valence-corrected chi connectivity index (χ0v) is 12.2. The van der Waals surface area contributed by atoms with Gasteiger partial charge in [-0.15, -0.1) is 0 Å². The van der Waals surface area contributed by atoms with Crippen LogP contribution in [-0.2, 0) is 4.79 Å². The van der Waals surface area contributed by atoms with Crippen molar-refractivity contribution in [2.24, 2.45) is 5.73 Å². The van der Waals surface area contributed by atoms with Crippen molar-refractivity contribution in [1.29, 1.82) is 0 Å². The SMILES string of the molecule is CC(N)C1CCCCN1CC(=O)NC1CCCCC1. The molecule has 0 aromatic heterocycles. The number of rotatable bonds is 4. The van der Waals surface area contributed by atoms with E-state index in [1.54, 1.807) is 0 Å². The van der Waals surface area contributed by atoms with Gasteiger partial charge in [-0.05, 0) is 39.2 Å². The third-order valence-electron chi connectivity index (χ3n) is 4.59. The standard InChI is InChI=1S/C15H29N3O/c1-12(16)14-9-5-6-10-18(14)11-15(19)17-13-7-3-2-4-8-13/h12-14H,2-11,16H2,1H3,(H,17,19). The van der Waals surface area contributed by atoms with Crippen molar-refractivity contribution in [1.82, 2.24) is 10.2 Å². The average Bonchev–Trinajstić information content (AvgIpc) is 2.40. The summed E-state index contributed by atoms with van der Waals surface area (Å²) in [4.78, 5) is 14.4. The van der Waals surface area contributed by atoms with Crippen molar-refractivity contribution in [2.45, 2.75) is 76.4 Å². The Hall–Kier alpha value is -0.610. The predicted molar refractivity (Wildman–Crippen MR) is 77.9 cm³/mol. The van der Waals surface area contributed by atoms with Crippen molar-refractivity contribution in [2.75, 3.05) is 13.1 Å². The van der Waals surface area contributed by atoms with Crippen LogP contribution < -0.4 is 11.1 Å². The molecular weight excluding hydrogens is 238 g/mol. The van der Waals surface area contributed by atoms with Gasteiger partial charge in [0.2, 0.25) is 5.91 Å². The number of hydrogen-bond acceptors (Lipinski definition) is 3. The molecule has 1 aliphatic heterocycles. The van der Waals surface area contributed by atoms with E-state index in [-0.39, 0.29) is 11.9 Å². The average molecular weight is 267 g/mol. The Morgan fingerprint density at radius 1 is 1.21 bits per heavy atom. The van der Waals surface area contributed by atoms with Crippen LogP contribution in [-0.4, -0.2) is 42.0 Å². The van der Waals surface area contributed by atoms with E-state index < -0.39 is 0 Å². The summed E-state index contributed by atoms with van der Waals surface area (Å²) < 4.78 is 0. The normalized spacial score (nSPS) is 28.0. The van der Waals surface area contributed by atoms with Gasteiger partial charge in [-0.3, -0.25) is 9.69 Å². The van der Waals surface area contributed by atoms with Gasteiger partial charge >= 0.3 is 0 Å². The number of likely N-dealkylation sites (tertiary alicyclic amines) is 1. The maximum absolute atomic E-state index is 12.2. The Labute approximate surface area is 117 Å². The van der Waals surface area contributed by atoms with Crippen molar-refractivity contribution in [3.05, 3.63) is 0 Å². The lowest BCUT2D eigenvalue weighted by atomic mass is 9.95. The van der Waals surface area contributed by atoms with Gasteiger partial charge in [-0.2, -0.15) is 0 Å². The van der Waals surface area contributed by atoms with Gasteiger partial charge in [0, 0.05) is 18.1 Å². The smallest absolute Gasteiger partial charge is 0.234 e. The fraction of sp³-hybridized carbons (Fsp3) is 0.933. The summed E-state index contributed by atoms with van der Waals surface area (Å²) in [6.07, 6.45) is 9.73. The molecule has 0 aromatic carbocycles. The van der Waals surface area contributed by atoms with Crippen molar-refractivity contribution >= 4 is 5.91 Å². The lowest BCUT2D eigenvalue weighted by Gasteiger charge is -2.37. The van der Waals surface area contributed by atoms with Crippen LogP contribution in [0, 0.1) is 0 Å². The topological polar surface area (TPSA) is 58.4 Å². The van der Waals surface area contributed by atoms with Crippen molar-refractivity contribution in [3.63, 3.8) is 0 Å². The van der Waals surface area contributed by atoms with Gasteiger partial charge in [0.25, 0.3) is 0 Å². The molecule has 0 spiro atoms. The molecule has 1 saturated carbocycles. The Bertz CT molecular complexity index is 287. The summed E-state index contributed by atoms with van der Waals surface area (Å²) >= 11 is 0. The van der Waals surface area contributed by atoms with Gasteiger partial charge in [-0.25, -0.2) is 0 Å². The summed E-state index contributed by atoms with van der Waals surface area (Å²) in [5, 5.41) is 3.20. The quantitative estimate of drug-likeness (QED) is 0.814. The van der Waals surface area contributed by atoms with Gasteiger partial charge in [0.15, 0.2) is 0 Å². The molecule has 1 saturated heterocycles. The molecule has 2 aliphatic rings. The van der Waals surface area contributed by atoms with Crippen LogP contribution in [0.1, 0.15) is 58.3 Å². The van der Waals surface area contributed by atoms with Crippen molar-refractivity contribution in [3.8, 4) is 0 Å². The molecule has 0 aromatic rings. The van der Waals surface area contributed by atoms with E-state index in [4.69, 9.17) is 5.73 Å². The second-order valence-corrected chi connectivity index (χ2v) is 6.30. The fourth-order valence-electron chi connectivity index (χ4n) is 3.51. The van der Waals surface area contributed by atoms with Crippen LogP contribution in [0.4, 0.5) is 0 Å². The van der Waals surface area contributed by atoms with Crippen molar-refractivity contribution < 1.29 is 4.79 Å². The molecule has 0 bridgehead atoms. The maximum Gasteiger partial charge on any atom is 0.234 e. The lowest BCUT2D eigenvalue weighted by molar-refractivity contribution is -0.124. The first-order chi connectivity index (χ1) is 9.16. The minimum absolute atomic E-state index is 0.155. The Morgan fingerprint density at radius 3 is 2.58 bits per heavy atom. The molecular formula is C15H29N3O. The van der Waals surface area contributed by atoms with E-state index in [9.17, 15) is 4.79 Å². The number of nitrogens with two attached hydrogens (primary N) is 1. The highest BCUT2D eigenvalue weighted by Gasteiger charge is 2.27. The molecule has 19 heavy (non-hydrogen) atoms. The Kier molecular flexibility index (Phi) is 5.64. The highest BCUT2D eigenvalue weighted by atomic mass is 16.2. The first kappa shape index (κ1) is 14.8. The number of hydrogen-bond donors (Lipinski definition) is 2. The number of carbonyl (C=O) groups is 1. The van der Waals surface area contributed by atoms with Crippen LogP contribution in [0.15, 0.2) is 0 Å². The van der Waals surface area contributed by atoms with E-state index in [2.05, 4.69) is 17.1 Å². The molecule has 2 unspecified atom stereocenters. The number of nitrogens with one attached hydrogen (secondary N) is 1. The first-order valence-corrected chi connectivity index (χ1v) is 7.96. The summed E-state index contributed by atoms with van der Waals surface area (Å²) in [6.45, 7) is 3.61. The van der Waals surface area contributed by atoms with Crippen LogP contribution in [0.5, 0.6) is 0 Å². The molecule has 2 fully saturated rings. The number of nitrogens with zero attached hydrogens (tertiary/aromatic N) is 1. The number of carbonyl (C=O) groups excluding carboxylic acids is 1. The van der Waals surface area contributed by atoms with Gasteiger partial charge in [0.05, 0.1) is 6.54 Å². The molecule has 0 radical (unpaired) electrons.